The summed E-state index contributed by atoms with van der Waals surface area (Å²) in [6.07, 6.45) is 2.28. The highest BCUT2D eigenvalue weighted by Crippen LogP contribution is 2.24. The van der Waals surface area contributed by atoms with Gasteiger partial charge in [0.1, 0.15) is 12.4 Å². The predicted molar refractivity (Wildman–Crippen MR) is 107 cm³/mol. The number of benzene rings is 1. The van der Waals surface area contributed by atoms with Gasteiger partial charge in [-0.3, -0.25) is 4.79 Å². The quantitative estimate of drug-likeness (QED) is 0.635. The van der Waals surface area contributed by atoms with Crippen LogP contribution < -0.4 is 0 Å². The van der Waals surface area contributed by atoms with Gasteiger partial charge in [0, 0.05) is 26.3 Å². The summed E-state index contributed by atoms with van der Waals surface area (Å²) < 4.78 is 38.5. The Kier molecular flexibility index (Phi) is 6.57. The lowest BCUT2D eigenvalue weighted by molar-refractivity contribution is -0.151. The van der Waals surface area contributed by atoms with Gasteiger partial charge in [0.2, 0.25) is 0 Å². The van der Waals surface area contributed by atoms with E-state index in [1.807, 2.05) is 0 Å². The van der Waals surface area contributed by atoms with Gasteiger partial charge in [-0.25, -0.2) is 18.2 Å². The maximum Gasteiger partial charge on any atom is 0.337 e. The Morgan fingerprint density at radius 3 is 2.33 bits per heavy atom. The van der Waals surface area contributed by atoms with E-state index in [9.17, 15) is 18.0 Å². The van der Waals surface area contributed by atoms with Crippen molar-refractivity contribution in [2.45, 2.75) is 31.4 Å². The normalized spacial score (nSPS) is 15.7. The van der Waals surface area contributed by atoms with Gasteiger partial charge in [0.15, 0.2) is 5.03 Å². The molecular formula is C20H25N3O6S. The summed E-state index contributed by atoms with van der Waals surface area (Å²) in [7, 11) is -0.616. The van der Waals surface area contributed by atoms with E-state index in [2.05, 4.69) is 9.72 Å². The van der Waals surface area contributed by atoms with Crippen LogP contribution in [0.5, 0.6) is 0 Å². The highest BCUT2D eigenvalue weighted by molar-refractivity contribution is 7.89. The van der Waals surface area contributed by atoms with Crippen molar-refractivity contribution in [2.75, 3.05) is 20.2 Å². The zero-order chi connectivity index (χ0) is 21.9. The minimum atomic E-state index is -3.67. The molecule has 0 spiro atoms. The average Bonchev–Trinajstić information content (AvgIpc) is 3.11. The summed E-state index contributed by atoms with van der Waals surface area (Å²) in [6.45, 7) is 2.31. The fraction of sp³-hybridized carbons (Fsp3) is 0.450. The van der Waals surface area contributed by atoms with Crippen LogP contribution in [0.15, 0.2) is 35.5 Å². The minimum Gasteiger partial charge on any atom is -0.465 e. The van der Waals surface area contributed by atoms with Crippen molar-refractivity contribution in [3.63, 3.8) is 0 Å². The van der Waals surface area contributed by atoms with E-state index in [0.717, 1.165) is 5.56 Å². The third-order valence-electron chi connectivity index (χ3n) is 5.23. The number of carbonyl (C=O) groups excluding carboxylic acids is 2. The molecule has 0 aliphatic carbocycles. The van der Waals surface area contributed by atoms with Gasteiger partial charge in [-0.2, -0.15) is 4.31 Å². The van der Waals surface area contributed by atoms with E-state index >= 15 is 0 Å². The summed E-state index contributed by atoms with van der Waals surface area (Å²) >= 11 is 0. The SMILES string of the molecule is COC(=O)c1ccc(COC(=O)C2CCN(S(=O)(=O)c3cn(C)c(C)n3)CC2)cc1. The molecule has 2 aromatic rings. The number of imidazole rings is 1. The Bertz CT molecular complexity index is 1000. The van der Waals surface area contributed by atoms with E-state index in [-0.39, 0.29) is 36.6 Å². The molecule has 0 N–H and O–H groups in total. The van der Waals surface area contributed by atoms with E-state index < -0.39 is 16.0 Å². The summed E-state index contributed by atoms with van der Waals surface area (Å²) in [6, 6.07) is 6.61. The van der Waals surface area contributed by atoms with Crippen molar-refractivity contribution in [1.29, 1.82) is 0 Å². The molecule has 0 unspecified atom stereocenters. The van der Waals surface area contributed by atoms with Crippen LogP contribution >= 0.6 is 0 Å². The number of aromatic nitrogens is 2. The zero-order valence-corrected chi connectivity index (χ0v) is 18.0. The van der Waals surface area contributed by atoms with Crippen LogP contribution in [0.3, 0.4) is 0 Å². The Morgan fingerprint density at radius 2 is 1.80 bits per heavy atom. The molecule has 9 nitrogen and oxygen atoms in total. The van der Waals surface area contributed by atoms with Gasteiger partial charge in [-0.05, 0) is 37.5 Å². The standard InChI is InChI=1S/C20H25N3O6S/c1-14-21-18(12-22(14)2)30(26,27)23-10-8-17(9-11-23)20(25)29-13-15-4-6-16(7-5-15)19(24)28-3/h4-7,12,17H,8-11,13H2,1-3H3. The number of hydrogen-bond donors (Lipinski definition) is 0. The first-order valence-corrected chi connectivity index (χ1v) is 11.0. The molecule has 1 aromatic carbocycles. The van der Waals surface area contributed by atoms with E-state index in [1.54, 1.807) is 42.8 Å². The Balaban J connectivity index is 1.52. The Morgan fingerprint density at radius 1 is 1.17 bits per heavy atom. The molecule has 10 heteroatoms. The van der Waals surface area contributed by atoms with Crippen LogP contribution in [0.4, 0.5) is 0 Å². The van der Waals surface area contributed by atoms with Gasteiger partial charge in [0.05, 0.1) is 18.6 Å². The predicted octanol–water partition coefficient (Wildman–Crippen LogP) is 1.66. The molecule has 1 aliphatic heterocycles. The van der Waals surface area contributed by atoms with Gasteiger partial charge < -0.3 is 14.0 Å². The zero-order valence-electron chi connectivity index (χ0n) is 17.2. The van der Waals surface area contributed by atoms with E-state index in [1.165, 1.54) is 17.6 Å². The number of rotatable bonds is 6. The fourth-order valence-corrected chi connectivity index (χ4v) is 4.74. The molecule has 1 fully saturated rings. The summed E-state index contributed by atoms with van der Waals surface area (Å²) in [5, 5.41) is 0.0268. The number of aryl methyl sites for hydroxylation is 2. The van der Waals surface area contributed by atoms with Gasteiger partial charge in [-0.1, -0.05) is 12.1 Å². The van der Waals surface area contributed by atoms with Crippen LogP contribution in [0, 0.1) is 12.8 Å². The van der Waals surface area contributed by atoms with Crippen molar-refractivity contribution in [3.8, 4) is 0 Å². The second-order valence-corrected chi connectivity index (χ2v) is 9.10. The smallest absolute Gasteiger partial charge is 0.337 e. The number of methoxy groups -OCH3 is 1. The second-order valence-electron chi connectivity index (χ2n) is 7.21. The van der Waals surface area contributed by atoms with Crippen molar-refractivity contribution >= 4 is 22.0 Å². The summed E-state index contributed by atoms with van der Waals surface area (Å²) in [4.78, 5) is 27.9. The molecule has 0 saturated carbocycles. The highest BCUT2D eigenvalue weighted by atomic mass is 32.2. The number of esters is 2. The molecule has 1 aliphatic rings. The molecule has 1 aromatic heterocycles. The van der Waals surface area contributed by atoms with Gasteiger partial charge in [0.25, 0.3) is 10.0 Å². The summed E-state index contributed by atoms with van der Waals surface area (Å²) in [5.41, 5.74) is 1.17. The number of hydrogen-bond acceptors (Lipinski definition) is 7. The fourth-order valence-electron chi connectivity index (χ4n) is 3.24. The highest BCUT2D eigenvalue weighted by Gasteiger charge is 2.34. The number of nitrogens with zero attached hydrogens (tertiary/aromatic N) is 3. The minimum absolute atomic E-state index is 0.0268. The molecule has 0 bridgehead atoms. The third kappa shape index (κ3) is 4.71. The lowest BCUT2D eigenvalue weighted by Crippen LogP contribution is -2.40. The monoisotopic (exact) mass is 435 g/mol. The van der Waals surface area contributed by atoms with Crippen molar-refractivity contribution in [2.24, 2.45) is 13.0 Å². The van der Waals surface area contributed by atoms with E-state index in [4.69, 9.17) is 4.74 Å². The Labute approximate surface area is 175 Å². The molecule has 3 rings (SSSR count). The summed E-state index contributed by atoms with van der Waals surface area (Å²) in [5.74, 6) is -0.512. The lowest BCUT2D eigenvalue weighted by Gasteiger charge is -2.29. The topological polar surface area (TPSA) is 108 Å². The number of ether oxygens (including phenoxy) is 2. The number of piperidine rings is 1. The van der Waals surface area contributed by atoms with Crippen molar-refractivity contribution < 1.29 is 27.5 Å². The molecule has 1 saturated heterocycles. The molecule has 0 atom stereocenters. The van der Waals surface area contributed by atoms with Crippen LogP contribution in [-0.2, 0) is 37.9 Å². The van der Waals surface area contributed by atoms with Crippen molar-refractivity contribution in [3.05, 3.63) is 47.4 Å². The average molecular weight is 436 g/mol. The van der Waals surface area contributed by atoms with Crippen LogP contribution in [0.1, 0.15) is 34.6 Å². The van der Waals surface area contributed by atoms with Crippen LogP contribution in [0.2, 0.25) is 0 Å². The largest absolute Gasteiger partial charge is 0.465 e. The molecule has 0 radical (unpaired) electrons. The molecule has 30 heavy (non-hydrogen) atoms. The van der Waals surface area contributed by atoms with Gasteiger partial charge in [-0.15, -0.1) is 0 Å². The third-order valence-corrected chi connectivity index (χ3v) is 7.00. The Hall–Kier alpha value is -2.72. The van der Waals surface area contributed by atoms with E-state index in [0.29, 0.717) is 24.2 Å². The first-order valence-electron chi connectivity index (χ1n) is 9.56. The van der Waals surface area contributed by atoms with Crippen molar-refractivity contribution in [1.82, 2.24) is 13.9 Å². The number of sulfonamides is 1. The molecule has 162 valence electrons. The van der Waals surface area contributed by atoms with Crippen LogP contribution in [0.25, 0.3) is 0 Å². The molecule has 0 amide bonds. The molecule has 2 heterocycles. The number of carbonyl (C=O) groups is 2. The maximum absolute atomic E-state index is 12.7. The maximum atomic E-state index is 12.7. The first-order chi connectivity index (χ1) is 14.2. The lowest BCUT2D eigenvalue weighted by atomic mass is 9.98. The second kappa shape index (κ2) is 8.97. The molecular weight excluding hydrogens is 410 g/mol. The van der Waals surface area contributed by atoms with Gasteiger partial charge >= 0.3 is 11.9 Å². The van der Waals surface area contributed by atoms with Crippen LogP contribution in [-0.4, -0.2) is 54.4 Å². The first kappa shape index (κ1) is 22.0.